The number of likely N-dealkylation sites (tertiary alicyclic amines) is 2. The molecule has 2 amide bonds. The molecule has 2 aliphatic heterocycles. The average Bonchev–Trinajstić information content (AvgIpc) is 3.47. The van der Waals surface area contributed by atoms with Crippen molar-refractivity contribution >= 4 is 33.8 Å². The molecule has 10 heteroatoms. The molecule has 4 fully saturated rings. The number of piperidine rings is 1. The normalized spacial score (nSPS) is 21.9. The predicted octanol–water partition coefficient (Wildman–Crippen LogP) is 5.42. The van der Waals surface area contributed by atoms with Crippen molar-refractivity contribution in [1.29, 1.82) is 0 Å². The van der Waals surface area contributed by atoms with Crippen LogP contribution in [0.5, 0.6) is 11.5 Å². The van der Waals surface area contributed by atoms with Crippen LogP contribution in [0.4, 0.5) is 0 Å². The molecule has 0 spiro atoms. The van der Waals surface area contributed by atoms with Crippen LogP contribution in [0.1, 0.15) is 46.4 Å². The highest BCUT2D eigenvalue weighted by Gasteiger charge is 2.47. The number of para-hydroxylation sites is 2. The van der Waals surface area contributed by atoms with E-state index < -0.39 is 0 Å². The van der Waals surface area contributed by atoms with Gasteiger partial charge in [-0.05, 0) is 73.9 Å². The van der Waals surface area contributed by atoms with Crippen molar-refractivity contribution in [1.82, 2.24) is 23.9 Å². The summed E-state index contributed by atoms with van der Waals surface area (Å²) in [4.78, 5) is 36.6. The highest BCUT2D eigenvalue weighted by molar-refractivity contribution is 6.01. The van der Waals surface area contributed by atoms with Crippen molar-refractivity contribution in [2.45, 2.75) is 50.9 Å². The molecule has 2 aromatic heterocycles. The maximum absolute atomic E-state index is 14.0. The minimum atomic E-state index is -0.0231. The molecule has 49 heavy (non-hydrogen) atoms. The van der Waals surface area contributed by atoms with E-state index in [2.05, 4.69) is 39.5 Å². The molecule has 2 N–H and O–H groups in total. The highest BCUT2D eigenvalue weighted by Crippen LogP contribution is 2.41. The summed E-state index contributed by atoms with van der Waals surface area (Å²) in [5.74, 6) is 3.28. The van der Waals surface area contributed by atoms with Gasteiger partial charge in [0.15, 0.2) is 5.82 Å². The standard InChI is InChI=1S/C39H42N6O4/c1-48-33-10-6-4-8-28(33)39(47)42-18-24(19-42)21-45-36-29(15-27(17-34(36)49-2)38(46)44-22-26-13-14-31(44)35(26)40)41-37(45)32-16-25-7-3-5-9-30(25)43(32)20-23-11-12-23/h3-10,15-17,23-24,26,31,35H,11-14,18-22,40H2,1-2H3/t26?,31?,35-/m1/s1. The third-order valence-corrected chi connectivity index (χ3v) is 11.4. The van der Waals surface area contributed by atoms with Gasteiger partial charge in [0.1, 0.15) is 17.0 Å². The van der Waals surface area contributed by atoms with Crippen LogP contribution in [-0.4, -0.2) is 81.7 Å². The Morgan fingerprint density at radius 3 is 2.31 bits per heavy atom. The van der Waals surface area contributed by atoms with E-state index >= 15 is 0 Å². The summed E-state index contributed by atoms with van der Waals surface area (Å²) >= 11 is 0. The SMILES string of the molecule is COc1ccccc1C(=O)N1CC(Cn2c(-c3cc4ccccc4n3CC3CC3)nc3cc(C(=O)N4CC5CCC4[C@@H]5N)cc(OC)c32)C1. The molecular formula is C39H42N6O4. The molecule has 3 atom stereocenters. The Hall–Kier alpha value is -4.83. The fraction of sp³-hybridized carbons (Fsp3) is 0.410. The van der Waals surface area contributed by atoms with Gasteiger partial charge in [-0.25, -0.2) is 4.98 Å². The summed E-state index contributed by atoms with van der Waals surface area (Å²) in [6, 6.07) is 22.1. The fourth-order valence-electron chi connectivity index (χ4n) is 8.58. The molecule has 5 aromatic rings. The summed E-state index contributed by atoms with van der Waals surface area (Å²) in [5.41, 5.74) is 11.5. The highest BCUT2D eigenvalue weighted by atomic mass is 16.5. The van der Waals surface area contributed by atoms with Gasteiger partial charge in [0, 0.05) is 67.2 Å². The second-order valence-electron chi connectivity index (χ2n) is 14.5. The first-order valence-corrected chi connectivity index (χ1v) is 17.6. The number of aromatic nitrogens is 3. The van der Waals surface area contributed by atoms with E-state index in [9.17, 15) is 9.59 Å². The van der Waals surface area contributed by atoms with Crippen LogP contribution in [0.15, 0.2) is 66.7 Å². The van der Waals surface area contributed by atoms with E-state index in [1.165, 1.54) is 23.7 Å². The van der Waals surface area contributed by atoms with Crippen molar-refractivity contribution in [2.24, 2.45) is 23.5 Å². The summed E-state index contributed by atoms with van der Waals surface area (Å²) in [6.45, 7) is 3.54. The maximum atomic E-state index is 14.0. The minimum Gasteiger partial charge on any atom is -0.496 e. The quantitative estimate of drug-likeness (QED) is 0.227. The van der Waals surface area contributed by atoms with Gasteiger partial charge in [0.05, 0.1) is 31.0 Å². The van der Waals surface area contributed by atoms with E-state index in [4.69, 9.17) is 20.2 Å². The lowest BCUT2D eigenvalue weighted by Crippen LogP contribution is -2.51. The number of benzene rings is 3. The van der Waals surface area contributed by atoms with Crippen LogP contribution in [0.2, 0.25) is 0 Å². The van der Waals surface area contributed by atoms with E-state index in [0.717, 1.165) is 41.9 Å². The van der Waals surface area contributed by atoms with Crippen LogP contribution in [0, 0.1) is 17.8 Å². The first-order chi connectivity index (χ1) is 23.9. The zero-order chi connectivity index (χ0) is 33.4. The molecule has 3 aromatic carbocycles. The van der Waals surface area contributed by atoms with Gasteiger partial charge in [-0.15, -0.1) is 0 Å². The Balaban J connectivity index is 1.11. The zero-order valence-corrected chi connectivity index (χ0v) is 28.0. The third kappa shape index (κ3) is 4.98. The number of hydrogen-bond acceptors (Lipinski definition) is 6. The summed E-state index contributed by atoms with van der Waals surface area (Å²) in [6.07, 6.45) is 4.52. The topological polar surface area (TPSA) is 108 Å². The van der Waals surface area contributed by atoms with Gasteiger partial charge in [-0.1, -0.05) is 30.3 Å². The number of imidazole rings is 1. The van der Waals surface area contributed by atoms with Crippen LogP contribution in [-0.2, 0) is 13.1 Å². The van der Waals surface area contributed by atoms with Crippen LogP contribution < -0.4 is 15.2 Å². The largest absolute Gasteiger partial charge is 0.496 e. The summed E-state index contributed by atoms with van der Waals surface area (Å²) in [5, 5.41) is 1.18. The second kappa shape index (κ2) is 11.7. The molecule has 4 aliphatic rings. The Morgan fingerprint density at radius 1 is 0.816 bits per heavy atom. The predicted molar refractivity (Wildman–Crippen MR) is 188 cm³/mol. The first-order valence-electron chi connectivity index (χ1n) is 17.6. The van der Waals surface area contributed by atoms with E-state index in [1.807, 2.05) is 46.2 Å². The zero-order valence-electron chi connectivity index (χ0n) is 28.0. The number of hydrogen-bond donors (Lipinski definition) is 1. The lowest BCUT2D eigenvalue weighted by molar-refractivity contribution is 0.0468. The van der Waals surface area contributed by atoms with Gasteiger partial charge >= 0.3 is 0 Å². The molecule has 4 heterocycles. The lowest BCUT2D eigenvalue weighted by atomic mass is 9.98. The number of carbonyl (C=O) groups excluding carboxylic acids is 2. The number of nitrogens with zero attached hydrogens (tertiary/aromatic N) is 5. The van der Waals surface area contributed by atoms with Gasteiger partial charge in [0.25, 0.3) is 11.8 Å². The molecular weight excluding hydrogens is 616 g/mol. The number of fused-ring (bicyclic) bond motifs is 4. The van der Waals surface area contributed by atoms with Gasteiger partial charge in [-0.2, -0.15) is 0 Å². The van der Waals surface area contributed by atoms with Gasteiger partial charge in [0.2, 0.25) is 0 Å². The fourth-order valence-corrected chi connectivity index (χ4v) is 8.58. The van der Waals surface area contributed by atoms with Crippen molar-refractivity contribution in [3.05, 3.63) is 77.9 Å². The number of carbonyl (C=O) groups is 2. The van der Waals surface area contributed by atoms with E-state index in [0.29, 0.717) is 60.6 Å². The molecule has 2 saturated carbocycles. The summed E-state index contributed by atoms with van der Waals surface area (Å²) in [7, 11) is 3.25. The van der Waals surface area contributed by atoms with Crippen molar-refractivity contribution < 1.29 is 19.1 Å². The number of nitrogens with two attached hydrogens (primary N) is 1. The first kappa shape index (κ1) is 30.2. The van der Waals surface area contributed by atoms with E-state index in [1.54, 1.807) is 14.2 Å². The minimum absolute atomic E-state index is 0.00807. The Morgan fingerprint density at radius 2 is 1.57 bits per heavy atom. The van der Waals surface area contributed by atoms with Crippen LogP contribution in [0.25, 0.3) is 33.5 Å². The summed E-state index contributed by atoms with van der Waals surface area (Å²) < 4.78 is 16.2. The molecule has 2 saturated heterocycles. The number of amides is 2. The lowest BCUT2D eigenvalue weighted by Gasteiger charge is -2.40. The molecule has 2 bridgehead atoms. The van der Waals surface area contributed by atoms with Gasteiger partial charge in [-0.3, -0.25) is 9.59 Å². The number of rotatable bonds is 9. The van der Waals surface area contributed by atoms with Crippen molar-refractivity contribution in [3.8, 4) is 23.0 Å². The molecule has 2 unspecified atom stereocenters. The Labute approximate surface area is 285 Å². The molecule has 0 radical (unpaired) electrons. The monoisotopic (exact) mass is 658 g/mol. The molecule has 2 aliphatic carbocycles. The van der Waals surface area contributed by atoms with Crippen molar-refractivity contribution in [3.63, 3.8) is 0 Å². The average molecular weight is 659 g/mol. The van der Waals surface area contributed by atoms with E-state index in [-0.39, 0.29) is 29.8 Å². The van der Waals surface area contributed by atoms with Crippen LogP contribution in [0.3, 0.4) is 0 Å². The smallest absolute Gasteiger partial charge is 0.257 e. The Kier molecular flexibility index (Phi) is 7.19. The van der Waals surface area contributed by atoms with Gasteiger partial charge < -0.3 is 34.1 Å². The number of methoxy groups -OCH3 is 2. The maximum Gasteiger partial charge on any atom is 0.257 e. The second-order valence-corrected chi connectivity index (χ2v) is 14.5. The molecule has 10 nitrogen and oxygen atoms in total. The van der Waals surface area contributed by atoms with Crippen molar-refractivity contribution in [2.75, 3.05) is 33.9 Å². The molecule has 9 rings (SSSR count). The Bertz CT molecular complexity index is 2110. The molecule has 252 valence electrons. The third-order valence-electron chi connectivity index (χ3n) is 11.4. The number of ether oxygens (including phenoxy) is 2. The van der Waals surface area contributed by atoms with Crippen LogP contribution >= 0.6 is 0 Å².